The monoisotopic (exact) mass is 116 g/mol. The van der Waals surface area contributed by atoms with Crippen molar-refractivity contribution < 1.29 is 14.7 Å². The average Bonchev–Trinajstić information content (AvgIpc) is 1.65. The third-order valence-corrected chi connectivity index (χ3v) is 0.729. The van der Waals surface area contributed by atoms with Gasteiger partial charge in [-0.2, -0.15) is 0 Å². The normalized spacial score (nSPS) is 12.6. The van der Waals surface area contributed by atoms with Crippen molar-refractivity contribution in [3.63, 3.8) is 0 Å². The van der Waals surface area contributed by atoms with E-state index in [4.69, 9.17) is 5.11 Å². The minimum atomic E-state index is -0.926. The van der Waals surface area contributed by atoms with Gasteiger partial charge in [0.25, 0.3) is 0 Å². The standard InChI is InChI=1S/C5H8O3/c1-4(3-6)2-5(7)8/h3-4H,2H2,1H3,(H,7,8)/t4-/m0/s1. The Labute approximate surface area is 47.3 Å². The second-order valence-corrected chi connectivity index (χ2v) is 1.71. The minimum Gasteiger partial charge on any atom is -0.481 e. The highest BCUT2D eigenvalue weighted by Gasteiger charge is 2.03. The van der Waals surface area contributed by atoms with Gasteiger partial charge in [0.1, 0.15) is 6.29 Å². The largest absolute Gasteiger partial charge is 0.481 e. The van der Waals surface area contributed by atoms with Gasteiger partial charge in [-0.15, -0.1) is 0 Å². The predicted molar refractivity (Wildman–Crippen MR) is 27.5 cm³/mol. The molecule has 1 N–H and O–H groups in total. The van der Waals surface area contributed by atoms with Crippen LogP contribution in [0.2, 0.25) is 0 Å². The Morgan fingerprint density at radius 1 is 1.88 bits per heavy atom. The SMILES string of the molecule is C[C@H](C=O)CC(=O)O. The first-order chi connectivity index (χ1) is 3.66. The van der Waals surface area contributed by atoms with E-state index in [-0.39, 0.29) is 12.3 Å². The molecule has 0 aromatic carbocycles. The molecule has 0 saturated carbocycles. The van der Waals surface area contributed by atoms with Crippen molar-refractivity contribution in [2.24, 2.45) is 5.92 Å². The topological polar surface area (TPSA) is 54.4 Å². The van der Waals surface area contributed by atoms with Crippen LogP contribution in [0.3, 0.4) is 0 Å². The van der Waals surface area contributed by atoms with Crippen LogP contribution in [0.25, 0.3) is 0 Å². The third-order valence-electron chi connectivity index (χ3n) is 0.729. The van der Waals surface area contributed by atoms with Crippen LogP contribution in [0.15, 0.2) is 0 Å². The smallest absolute Gasteiger partial charge is 0.304 e. The molecule has 3 nitrogen and oxygen atoms in total. The zero-order valence-electron chi connectivity index (χ0n) is 4.63. The first-order valence-electron chi connectivity index (χ1n) is 2.34. The first-order valence-corrected chi connectivity index (χ1v) is 2.34. The Hall–Kier alpha value is -0.860. The summed E-state index contributed by atoms with van der Waals surface area (Å²) in [7, 11) is 0. The molecule has 3 heteroatoms. The van der Waals surface area contributed by atoms with E-state index in [0.717, 1.165) is 0 Å². The number of aldehydes is 1. The van der Waals surface area contributed by atoms with Crippen molar-refractivity contribution in [2.45, 2.75) is 13.3 Å². The van der Waals surface area contributed by atoms with Crippen molar-refractivity contribution in [3.05, 3.63) is 0 Å². The summed E-state index contributed by atoms with van der Waals surface area (Å²) in [6.45, 7) is 1.57. The lowest BCUT2D eigenvalue weighted by Crippen LogP contribution is -2.04. The number of hydrogen-bond acceptors (Lipinski definition) is 2. The van der Waals surface area contributed by atoms with Crippen LogP contribution in [-0.4, -0.2) is 17.4 Å². The van der Waals surface area contributed by atoms with Gasteiger partial charge in [-0.05, 0) is 0 Å². The number of carboxylic acid groups (broad SMARTS) is 1. The summed E-state index contributed by atoms with van der Waals surface area (Å²) in [6, 6.07) is 0. The molecule has 0 aliphatic rings. The quantitative estimate of drug-likeness (QED) is 0.539. The Morgan fingerprint density at radius 2 is 2.38 bits per heavy atom. The lowest BCUT2D eigenvalue weighted by molar-refractivity contribution is -0.139. The van der Waals surface area contributed by atoms with Crippen LogP contribution < -0.4 is 0 Å². The predicted octanol–water partition coefficient (Wildman–Crippen LogP) is 0.296. The fourth-order valence-corrected chi connectivity index (χ4v) is 0.324. The Kier molecular flexibility index (Phi) is 2.84. The van der Waals surface area contributed by atoms with Gasteiger partial charge in [0.2, 0.25) is 0 Å². The highest BCUT2D eigenvalue weighted by atomic mass is 16.4. The second-order valence-electron chi connectivity index (χ2n) is 1.71. The minimum absolute atomic E-state index is 0.0660. The van der Waals surface area contributed by atoms with Gasteiger partial charge in [-0.3, -0.25) is 4.79 Å². The zero-order chi connectivity index (χ0) is 6.57. The number of rotatable bonds is 3. The van der Waals surface area contributed by atoms with E-state index in [0.29, 0.717) is 6.29 Å². The van der Waals surface area contributed by atoms with Crippen LogP contribution in [-0.2, 0) is 9.59 Å². The summed E-state index contributed by atoms with van der Waals surface area (Å²) >= 11 is 0. The van der Waals surface area contributed by atoms with Gasteiger partial charge < -0.3 is 9.90 Å². The van der Waals surface area contributed by atoms with E-state index in [1.807, 2.05) is 0 Å². The fourth-order valence-electron chi connectivity index (χ4n) is 0.324. The maximum absolute atomic E-state index is 9.81. The van der Waals surface area contributed by atoms with Gasteiger partial charge in [0.15, 0.2) is 0 Å². The molecular formula is C5H8O3. The molecule has 0 heterocycles. The molecule has 0 bridgehead atoms. The van der Waals surface area contributed by atoms with Crippen LogP contribution in [0, 0.1) is 5.92 Å². The zero-order valence-corrected chi connectivity index (χ0v) is 4.63. The van der Waals surface area contributed by atoms with E-state index in [1.165, 1.54) is 0 Å². The molecule has 46 valence electrons. The lowest BCUT2D eigenvalue weighted by atomic mass is 10.1. The number of hydrogen-bond donors (Lipinski definition) is 1. The summed E-state index contributed by atoms with van der Waals surface area (Å²) in [5, 5.41) is 8.06. The number of carbonyl (C=O) groups is 2. The highest BCUT2D eigenvalue weighted by Crippen LogP contribution is 1.94. The molecule has 0 aliphatic carbocycles. The van der Waals surface area contributed by atoms with E-state index in [9.17, 15) is 9.59 Å². The fraction of sp³-hybridized carbons (Fsp3) is 0.600. The molecule has 0 unspecified atom stereocenters. The number of aliphatic carboxylic acids is 1. The molecule has 0 aromatic rings. The molecule has 0 aliphatic heterocycles. The molecular weight excluding hydrogens is 108 g/mol. The molecule has 0 saturated heterocycles. The average molecular weight is 116 g/mol. The molecule has 8 heavy (non-hydrogen) atoms. The molecule has 0 aromatic heterocycles. The molecule has 0 rings (SSSR count). The van der Waals surface area contributed by atoms with Crippen molar-refractivity contribution in [3.8, 4) is 0 Å². The van der Waals surface area contributed by atoms with Crippen molar-refractivity contribution in [1.29, 1.82) is 0 Å². The second kappa shape index (κ2) is 3.18. The Balaban J connectivity index is 3.38. The molecule has 0 radical (unpaired) electrons. The lowest BCUT2D eigenvalue weighted by Gasteiger charge is -1.93. The van der Waals surface area contributed by atoms with Gasteiger partial charge in [0.05, 0.1) is 6.42 Å². The van der Waals surface area contributed by atoms with Crippen molar-refractivity contribution in [1.82, 2.24) is 0 Å². The van der Waals surface area contributed by atoms with Crippen LogP contribution >= 0.6 is 0 Å². The van der Waals surface area contributed by atoms with Crippen molar-refractivity contribution >= 4 is 12.3 Å². The van der Waals surface area contributed by atoms with E-state index in [1.54, 1.807) is 6.92 Å². The van der Waals surface area contributed by atoms with Crippen LogP contribution in [0.4, 0.5) is 0 Å². The summed E-state index contributed by atoms with van der Waals surface area (Å²) < 4.78 is 0. The summed E-state index contributed by atoms with van der Waals surface area (Å²) in [4.78, 5) is 19.6. The Bertz CT molecular complexity index is 97.8. The molecule has 0 fully saturated rings. The molecule has 0 amide bonds. The Morgan fingerprint density at radius 3 is 2.50 bits per heavy atom. The van der Waals surface area contributed by atoms with Gasteiger partial charge in [-0.1, -0.05) is 6.92 Å². The van der Waals surface area contributed by atoms with Crippen molar-refractivity contribution in [2.75, 3.05) is 0 Å². The van der Waals surface area contributed by atoms with E-state index < -0.39 is 5.97 Å². The van der Waals surface area contributed by atoms with Crippen LogP contribution in [0.1, 0.15) is 13.3 Å². The van der Waals surface area contributed by atoms with E-state index in [2.05, 4.69) is 0 Å². The molecule has 1 atom stereocenters. The maximum atomic E-state index is 9.81. The van der Waals surface area contributed by atoms with Crippen LogP contribution in [0.5, 0.6) is 0 Å². The highest BCUT2D eigenvalue weighted by molar-refractivity contribution is 5.71. The summed E-state index contributed by atoms with van der Waals surface area (Å²) in [6.07, 6.45) is 0.567. The number of carbonyl (C=O) groups excluding carboxylic acids is 1. The van der Waals surface area contributed by atoms with Gasteiger partial charge in [0, 0.05) is 5.92 Å². The first kappa shape index (κ1) is 7.14. The summed E-state index contributed by atoms with van der Waals surface area (Å²) in [5.41, 5.74) is 0. The van der Waals surface area contributed by atoms with E-state index >= 15 is 0 Å². The third kappa shape index (κ3) is 3.33. The molecule has 0 spiro atoms. The summed E-state index contributed by atoms with van der Waals surface area (Å²) in [5.74, 6) is -1.28. The van der Waals surface area contributed by atoms with Gasteiger partial charge in [-0.25, -0.2) is 0 Å². The number of carboxylic acids is 1. The van der Waals surface area contributed by atoms with Gasteiger partial charge >= 0.3 is 5.97 Å². The maximum Gasteiger partial charge on any atom is 0.304 e.